The summed E-state index contributed by atoms with van der Waals surface area (Å²) in [5.74, 6) is 0.912. The summed E-state index contributed by atoms with van der Waals surface area (Å²) in [6.45, 7) is 4.45. The molecule has 0 atom stereocenters. The first-order valence-corrected chi connectivity index (χ1v) is 9.28. The molecule has 0 fully saturated rings. The fourth-order valence-electron chi connectivity index (χ4n) is 3.51. The highest BCUT2D eigenvalue weighted by Crippen LogP contribution is 2.27. The fraction of sp³-hybridized carbons (Fsp3) is 0.286. The molecule has 0 unspecified atom stereocenters. The number of urea groups is 1. The summed E-state index contributed by atoms with van der Waals surface area (Å²) in [6.07, 6.45) is 2.43. The van der Waals surface area contributed by atoms with Crippen molar-refractivity contribution in [2.45, 2.75) is 26.8 Å². The molecule has 0 saturated carbocycles. The number of anilines is 1. The van der Waals surface area contributed by atoms with Crippen molar-refractivity contribution < 1.29 is 9.21 Å². The van der Waals surface area contributed by atoms with E-state index in [1.165, 1.54) is 0 Å². The largest absolute Gasteiger partial charge is 0.461 e. The Morgan fingerprint density at radius 3 is 2.86 bits per heavy atom. The maximum atomic E-state index is 12.7. The van der Waals surface area contributed by atoms with Gasteiger partial charge in [-0.2, -0.15) is 5.10 Å². The number of carbonyl (C=O) groups excluding carboxylic acids is 1. The van der Waals surface area contributed by atoms with Gasteiger partial charge in [-0.15, -0.1) is 0 Å². The quantitative estimate of drug-likeness (QED) is 0.577. The van der Waals surface area contributed by atoms with Gasteiger partial charge in [0.1, 0.15) is 11.3 Å². The van der Waals surface area contributed by atoms with Gasteiger partial charge in [0.2, 0.25) is 0 Å². The molecule has 1 N–H and O–H groups in total. The van der Waals surface area contributed by atoms with E-state index in [0.29, 0.717) is 12.2 Å². The lowest BCUT2D eigenvalue weighted by Crippen LogP contribution is -2.31. The third-order valence-electron chi connectivity index (χ3n) is 4.96. The van der Waals surface area contributed by atoms with E-state index < -0.39 is 0 Å². The van der Waals surface area contributed by atoms with Crippen molar-refractivity contribution in [3.05, 3.63) is 53.5 Å². The highest BCUT2D eigenvalue weighted by Gasteiger charge is 2.18. The van der Waals surface area contributed by atoms with Crippen molar-refractivity contribution in [2.24, 2.45) is 7.05 Å². The van der Waals surface area contributed by atoms with Crippen LogP contribution in [0.4, 0.5) is 10.5 Å². The van der Waals surface area contributed by atoms with Crippen molar-refractivity contribution in [1.29, 1.82) is 0 Å². The van der Waals surface area contributed by atoms with Crippen LogP contribution in [0.5, 0.6) is 0 Å². The summed E-state index contributed by atoms with van der Waals surface area (Å²) in [5.41, 5.74) is 4.22. The van der Waals surface area contributed by atoms with Crippen molar-refractivity contribution in [1.82, 2.24) is 19.7 Å². The Kier molecular flexibility index (Phi) is 4.50. The van der Waals surface area contributed by atoms with Gasteiger partial charge in [-0.25, -0.2) is 9.78 Å². The molecule has 7 heteroatoms. The normalized spacial score (nSPS) is 11.3. The minimum atomic E-state index is -0.199. The van der Waals surface area contributed by atoms with E-state index in [4.69, 9.17) is 4.42 Å². The highest BCUT2D eigenvalue weighted by molar-refractivity contribution is 5.92. The summed E-state index contributed by atoms with van der Waals surface area (Å²) >= 11 is 0. The molecular formula is C21H23N5O2. The smallest absolute Gasteiger partial charge is 0.321 e. The van der Waals surface area contributed by atoms with Gasteiger partial charge in [0.05, 0.1) is 24.1 Å². The predicted molar refractivity (Wildman–Crippen MR) is 109 cm³/mol. The van der Waals surface area contributed by atoms with Gasteiger partial charge in [0.25, 0.3) is 0 Å². The average Bonchev–Trinajstić information content (AvgIpc) is 3.18. The van der Waals surface area contributed by atoms with Crippen molar-refractivity contribution >= 4 is 33.7 Å². The fourth-order valence-corrected chi connectivity index (χ4v) is 3.51. The molecule has 144 valence electrons. The van der Waals surface area contributed by atoms with Crippen molar-refractivity contribution in [3.8, 4) is 0 Å². The van der Waals surface area contributed by atoms with Crippen LogP contribution in [-0.2, 0) is 20.0 Å². The van der Waals surface area contributed by atoms with Gasteiger partial charge < -0.3 is 14.6 Å². The first kappa shape index (κ1) is 18.0. The lowest BCUT2D eigenvalue weighted by atomic mass is 10.1. The molecule has 3 heterocycles. The van der Waals surface area contributed by atoms with E-state index in [2.05, 4.69) is 22.3 Å². The summed E-state index contributed by atoms with van der Waals surface area (Å²) < 4.78 is 7.67. The second-order valence-corrected chi connectivity index (χ2v) is 6.94. The molecule has 2 amide bonds. The van der Waals surface area contributed by atoms with Gasteiger partial charge in [0, 0.05) is 36.9 Å². The van der Waals surface area contributed by atoms with Gasteiger partial charge >= 0.3 is 6.03 Å². The monoisotopic (exact) mass is 377 g/mol. The van der Waals surface area contributed by atoms with E-state index in [9.17, 15) is 4.79 Å². The van der Waals surface area contributed by atoms with E-state index >= 15 is 0 Å². The molecule has 1 aromatic carbocycles. The molecule has 4 rings (SSSR count). The van der Waals surface area contributed by atoms with Crippen LogP contribution in [0.1, 0.15) is 23.9 Å². The number of hydrogen-bond donors (Lipinski definition) is 1. The summed E-state index contributed by atoms with van der Waals surface area (Å²) in [5, 5.41) is 9.27. The molecular weight excluding hydrogens is 354 g/mol. The number of fused-ring (bicyclic) bond motifs is 2. The number of pyridine rings is 1. The second-order valence-electron chi connectivity index (χ2n) is 6.94. The van der Waals surface area contributed by atoms with E-state index in [-0.39, 0.29) is 6.03 Å². The average molecular weight is 377 g/mol. The van der Waals surface area contributed by atoms with Crippen LogP contribution in [0.3, 0.4) is 0 Å². The number of hydrogen-bond acceptors (Lipinski definition) is 4. The Morgan fingerprint density at radius 1 is 1.29 bits per heavy atom. The molecule has 0 spiro atoms. The standard InChI is InChI=1S/C21H23N5O2/c1-5-18-17(15-8-6-7-9-19(15)28-18)12-25(3)21(27)23-14-10-16-13(2)24-26(4)20(16)22-11-14/h6-11H,5,12H2,1-4H3,(H,23,27). The minimum absolute atomic E-state index is 0.199. The Morgan fingerprint density at radius 2 is 2.07 bits per heavy atom. The number of benzene rings is 1. The Balaban J connectivity index is 1.55. The summed E-state index contributed by atoms with van der Waals surface area (Å²) in [6, 6.07) is 9.63. The Labute approximate surface area is 162 Å². The minimum Gasteiger partial charge on any atom is -0.461 e. The lowest BCUT2D eigenvalue weighted by Gasteiger charge is -2.18. The van der Waals surface area contributed by atoms with Crippen molar-refractivity contribution in [2.75, 3.05) is 12.4 Å². The second kappa shape index (κ2) is 6.99. The number of nitrogens with zero attached hydrogens (tertiary/aromatic N) is 4. The number of amides is 2. The predicted octanol–water partition coefficient (Wildman–Crippen LogP) is 4.25. The number of carbonyl (C=O) groups is 1. The number of aromatic nitrogens is 3. The van der Waals surface area contributed by atoms with E-state index in [1.807, 2.05) is 44.3 Å². The molecule has 0 aliphatic heterocycles. The van der Waals surface area contributed by atoms with E-state index in [0.717, 1.165) is 45.4 Å². The zero-order valence-electron chi connectivity index (χ0n) is 16.5. The molecule has 0 aliphatic rings. The first-order chi connectivity index (χ1) is 13.5. The first-order valence-electron chi connectivity index (χ1n) is 9.28. The number of rotatable bonds is 4. The van der Waals surface area contributed by atoms with Gasteiger partial charge in [-0.3, -0.25) is 4.68 Å². The van der Waals surface area contributed by atoms with Crippen LogP contribution in [0.2, 0.25) is 0 Å². The van der Waals surface area contributed by atoms with Crippen LogP contribution < -0.4 is 5.32 Å². The SMILES string of the molecule is CCc1oc2ccccc2c1CN(C)C(=O)Nc1cnc2c(c1)c(C)nn2C. The molecule has 0 radical (unpaired) electrons. The third-order valence-corrected chi connectivity index (χ3v) is 4.96. The van der Waals surface area contributed by atoms with Gasteiger partial charge in [0.15, 0.2) is 5.65 Å². The van der Waals surface area contributed by atoms with Crippen LogP contribution >= 0.6 is 0 Å². The maximum absolute atomic E-state index is 12.7. The molecule has 0 aliphatic carbocycles. The lowest BCUT2D eigenvalue weighted by molar-refractivity contribution is 0.220. The molecule has 0 bridgehead atoms. The summed E-state index contributed by atoms with van der Waals surface area (Å²) in [4.78, 5) is 18.8. The molecule has 7 nitrogen and oxygen atoms in total. The van der Waals surface area contributed by atoms with Crippen molar-refractivity contribution in [3.63, 3.8) is 0 Å². The molecule has 4 aromatic rings. The third kappa shape index (κ3) is 3.09. The zero-order chi connectivity index (χ0) is 19.8. The zero-order valence-corrected chi connectivity index (χ0v) is 16.5. The number of nitrogens with one attached hydrogen (secondary N) is 1. The molecule has 28 heavy (non-hydrogen) atoms. The van der Waals surface area contributed by atoms with Gasteiger partial charge in [-0.05, 0) is 19.1 Å². The maximum Gasteiger partial charge on any atom is 0.321 e. The summed E-state index contributed by atoms with van der Waals surface area (Å²) in [7, 11) is 3.63. The number of furan rings is 1. The highest BCUT2D eigenvalue weighted by atomic mass is 16.3. The van der Waals surface area contributed by atoms with Crippen LogP contribution in [0, 0.1) is 6.92 Å². The Bertz CT molecular complexity index is 1170. The topological polar surface area (TPSA) is 76.2 Å². The number of aryl methyl sites for hydroxylation is 3. The number of para-hydroxylation sites is 1. The van der Waals surface area contributed by atoms with E-state index in [1.54, 1.807) is 22.8 Å². The van der Waals surface area contributed by atoms with Crippen LogP contribution in [0.25, 0.3) is 22.0 Å². The molecule has 3 aromatic heterocycles. The molecule has 0 saturated heterocycles. The Hall–Kier alpha value is -3.35. The van der Waals surface area contributed by atoms with Crippen LogP contribution in [-0.4, -0.2) is 32.7 Å². The van der Waals surface area contributed by atoms with Gasteiger partial charge in [-0.1, -0.05) is 25.1 Å². The van der Waals surface area contributed by atoms with Crippen LogP contribution in [0.15, 0.2) is 40.9 Å².